The van der Waals surface area contributed by atoms with Crippen LogP contribution in [-0.4, -0.2) is 43.6 Å². The molecule has 248 valence electrons. The molecular formula is C39H57NO4S. The Morgan fingerprint density at radius 2 is 1.62 bits per heavy atom. The summed E-state index contributed by atoms with van der Waals surface area (Å²) >= 11 is 0. The Labute approximate surface area is 272 Å². The molecule has 1 aromatic carbocycles. The van der Waals surface area contributed by atoms with Crippen molar-refractivity contribution in [3.63, 3.8) is 0 Å². The maximum absolute atomic E-state index is 12.1. The molecule has 45 heavy (non-hydrogen) atoms. The van der Waals surface area contributed by atoms with E-state index in [1.807, 2.05) is 12.1 Å². The quantitative estimate of drug-likeness (QED) is 0.294. The second-order valence-electron chi connectivity index (χ2n) is 17.3. The van der Waals surface area contributed by atoms with E-state index in [0.29, 0.717) is 41.7 Å². The zero-order chi connectivity index (χ0) is 32.8. The van der Waals surface area contributed by atoms with Gasteiger partial charge in [-0.25, -0.2) is 13.2 Å². The molecule has 4 fully saturated rings. The fourth-order valence-corrected chi connectivity index (χ4v) is 13.3. The fourth-order valence-electron chi connectivity index (χ4n) is 12.8. The molecule has 9 unspecified atom stereocenters. The van der Waals surface area contributed by atoms with E-state index in [9.17, 15) is 18.3 Å². The summed E-state index contributed by atoms with van der Waals surface area (Å²) in [4.78, 5) is 11.5. The van der Waals surface area contributed by atoms with Gasteiger partial charge in [-0.05, 0) is 139 Å². The van der Waals surface area contributed by atoms with Gasteiger partial charge >= 0.3 is 5.97 Å². The predicted octanol–water partition coefficient (Wildman–Crippen LogP) is 8.42. The Morgan fingerprint density at radius 3 is 2.24 bits per heavy atom. The van der Waals surface area contributed by atoms with Gasteiger partial charge in [0.25, 0.3) is 0 Å². The Hall–Kier alpha value is -1.92. The first kappa shape index (κ1) is 33.0. The number of hydrogen-bond donors (Lipinski definition) is 2. The maximum Gasteiger partial charge on any atom is 0.335 e. The van der Waals surface area contributed by atoms with E-state index in [1.165, 1.54) is 49.5 Å². The van der Waals surface area contributed by atoms with Crippen LogP contribution in [0.1, 0.15) is 115 Å². The van der Waals surface area contributed by atoms with Crippen molar-refractivity contribution in [1.82, 2.24) is 5.32 Å². The first-order chi connectivity index (χ1) is 20.9. The minimum atomic E-state index is -3.01. The normalized spacial score (nSPS) is 42.0. The number of rotatable bonds is 7. The molecule has 5 aliphatic rings. The third kappa shape index (κ3) is 4.93. The third-order valence-corrected chi connectivity index (χ3v) is 16.0. The summed E-state index contributed by atoms with van der Waals surface area (Å²) in [6.45, 7) is 20.1. The second kappa shape index (κ2) is 10.8. The van der Waals surface area contributed by atoms with Gasteiger partial charge in [0.05, 0.1) is 11.3 Å². The molecule has 0 aliphatic heterocycles. The van der Waals surface area contributed by atoms with Crippen LogP contribution in [0.15, 0.2) is 42.5 Å². The largest absolute Gasteiger partial charge is 0.478 e. The van der Waals surface area contributed by atoms with E-state index in [0.717, 1.165) is 31.2 Å². The molecule has 9 atom stereocenters. The van der Waals surface area contributed by atoms with Gasteiger partial charge in [-0.2, -0.15) is 0 Å². The lowest BCUT2D eigenvalue weighted by molar-refractivity contribution is -0.219. The summed E-state index contributed by atoms with van der Waals surface area (Å²) < 4.78 is 24.1. The Balaban J connectivity index is 1.33. The van der Waals surface area contributed by atoms with Crippen molar-refractivity contribution in [1.29, 1.82) is 0 Å². The molecule has 2 N–H and O–H groups in total. The van der Waals surface area contributed by atoms with Crippen molar-refractivity contribution in [2.75, 3.05) is 18.6 Å². The summed E-state index contributed by atoms with van der Waals surface area (Å²) in [6, 6.07) is 7.53. The number of sulfone groups is 1. The van der Waals surface area contributed by atoms with E-state index >= 15 is 0 Å². The molecule has 5 nitrogen and oxygen atoms in total. The van der Waals surface area contributed by atoms with Crippen LogP contribution in [0.3, 0.4) is 0 Å². The van der Waals surface area contributed by atoms with Crippen LogP contribution in [0.4, 0.5) is 0 Å². The lowest BCUT2D eigenvalue weighted by Gasteiger charge is -2.72. The third-order valence-electron chi connectivity index (χ3n) is 15.0. The number of benzene rings is 1. The van der Waals surface area contributed by atoms with E-state index in [1.54, 1.807) is 12.1 Å². The summed E-state index contributed by atoms with van der Waals surface area (Å²) in [5, 5.41) is 13.3. The lowest BCUT2D eigenvalue weighted by Crippen LogP contribution is -2.68. The molecule has 0 heterocycles. The van der Waals surface area contributed by atoms with Gasteiger partial charge in [0, 0.05) is 18.3 Å². The Bertz CT molecular complexity index is 1510. The first-order valence-electron chi connectivity index (χ1n) is 17.5. The van der Waals surface area contributed by atoms with Crippen molar-refractivity contribution in [3.05, 3.63) is 53.6 Å². The highest BCUT2D eigenvalue weighted by Gasteiger charge is 2.70. The van der Waals surface area contributed by atoms with Gasteiger partial charge in [-0.15, -0.1) is 0 Å². The van der Waals surface area contributed by atoms with Crippen molar-refractivity contribution < 1.29 is 18.3 Å². The molecule has 0 spiro atoms. The highest BCUT2D eigenvalue weighted by Crippen LogP contribution is 2.76. The standard InChI is InChI=1S/C39H57NO4S/c1-25(2)28-15-20-39(40-23-24-45(8,43)44)22-21-37(6)30(33(28)39)13-14-32-36(5)18-16-29(26-9-11-27(12-10-26)34(41)42)35(3,4)31(36)17-19-38(32,37)7/h9-12,16,28,30-33,40H,1,13-15,17-24H2,2-8H3,(H,41,42). The van der Waals surface area contributed by atoms with Crippen molar-refractivity contribution in [2.24, 2.45) is 51.2 Å². The van der Waals surface area contributed by atoms with Crippen molar-refractivity contribution >= 4 is 21.4 Å². The van der Waals surface area contributed by atoms with Crippen LogP contribution in [0, 0.1) is 51.2 Å². The smallest absolute Gasteiger partial charge is 0.335 e. The van der Waals surface area contributed by atoms with Crippen LogP contribution in [0.25, 0.3) is 5.57 Å². The summed E-state index contributed by atoms with van der Waals surface area (Å²) in [6.07, 6.45) is 14.5. The molecule has 5 aliphatic carbocycles. The number of carboxylic acids is 1. The number of nitrogens with one attached hydrogen (secondary N) is 1. The molecule has 0 radical (unpaired) electrons. The fraction of sp³-hybridized carbons (Fsp3) is 0.718. The topological polar surface area (TPSA) is 83.5 Å². The Kier molecular flexibility index (Phi) is 7.92. The average molecular weight is 636 g/mol. The monoisotopic (exact) mass is 635 g/mol. The van der Waals surface area contributed by atoms with Crippen LogP contribution >= 0.6 is 0 Å². The molecule has 4 saturated carbocycles. The number of carboxylic acid groups (broad SMARTS) is 1. The average Bonchev–Trinajstić information content (AvgIpc) is 3.32. The lowest BCUT2D eigenvalue weighted by atomic mass is 9.33. The predicted molar refractivity (Wildman–Crippen MR) is 184 cm³/mol. The highest BCUT2D eigenvalue weighted by molar-refractivity contribution is 7.90. The van der Waals surface area contributed by atoms with Crippen LogP contribution in [0.5, 0.6) is 0 Å². The van der Waals surface area contributed by atoms with Gasteiger partial charge in [0.15, 0.2) is 0 Å². The van der Waals surface area contributed by atoms with Gasteiger partial charge in [-0.3, -0.25) is 0 Å². The Morgan fingerprint density at radius 1 is 0.933 bits per heavy atom. The molecular weight excluding hydrogens is 578 g/mol. The minimum Gasteiger partial charge on any atom is -0.478 e. The zero-order valence-corrected chi connectivity index (χ0v) is 29.7. The highest BCUT2D eigenvalue weighted by atomic mass is 32.2. The summed E-state index contributed by atoms with van der Waals surface area (Å²) in [5.74, 6) is 2.16. The molecule has 1 aromatic rings. The summed E-state index contributed by atoms with van der Waals surface area (Å²) in [7, 11) is -3.01. The first-order valence-corrected chi connectivity index (χ1v) is 19.6. The summed E-state index contributed by atoms with van der Waals surface area (Å²) in [5.41, 5.74) is 4.89. The van der Waals surface area contributed by atoms with E-state index < -0.39 is 15.8 Å². The minimum absolute atomic E-state index is 0.00141. The van der Waals surface area contributed by atoms with E-state index in [2.05, 4.69) is 59.5 Å². The van der Waals surface area contributed by atoms with Crippen LogP contribution < -0.4 is 5.32 Å². The zero-order valence-electron chi connectivity index (χ0n) is 28.8. The molecule has 6 rings (SSSR count). The number of aromatic carboxylic acids is 1. The van der Waals surface area contributed by atoms with Crippen LogP contribution in [0.2, 0.25) is 0 Å². The van der Waals surface area contributed by atoms with E-state index in [-0.39, 0.29) is 33.0 Å². The molecule has 0 saturated heterocycles. The van der Waals surface area contributed by atoms with E-state index in [4.69, 9.17) is 0 Å². The number of fused-ring (bicyclic) bond motifs is 7. The second-order valence-corrected chi connectivity index (χ2v) is 19.6. The SMILES string of the molecule is C=C(C)C1CCC2(NCCS(C)(=O)=O)CCC3(C)C(CCC4C5(C)CC=C(c6ccc(C(=O)O)cc6)C(C)(C)C5CCC43C)C12. The number of hydrogen-bond acceptors (Lipinski definition) is 4. The molecule has 6 heteroatoms. The van der Waals surface area contributed by atoms with Crippen LogP contribution in [-0.2, 0) is 9.84 Å². The molecule has 0 aromatic heterocycles. The van der Waals surface area contributed by atoms with Crippen molar-refractivity contribution in [3.8, 4) is 0 Å². The molecule has 0 amide bonds. The number of allylic oxidation sites excluding steroid dienone is 3. The number of carbonyl (C=O) groups is 1. The van der Waals surface area contributed by atoms with Gasteiger partial charge < -0.3 is 10.4 Å². The molecule has 0 bridgehead atoms. The maximum atomic E-state index is 12.1. The van der Waals surface area contributed by atoms with Gasteiger partial charge in [-0.1, -0.05) is 65.0 Å². The van der Waals surface area contributed by atoms with Gasteiger partial charge in [0.1, 0.15) is 9.84 Å². The van der Waals surface area contributed by atoms with Gasteiger partial charge in [0.2, 0.25) is 0 Å². The van der Waals surface area contributed by atoms with Crippen molar-refractivity contribution in [2.45, 2.75) is 105 Å².